The Morgan fingerprint density at radius 3 is 2.91 bits per heavy atom. The van der Waals surface area contributed by atoms with Crippen LogP contribution in [0.25, 0.3) is 0 Å². The molecule has 1 saturated heterocycles. The fourth-order valence-electron chi connectivity index (χ4n) is 3.03. The average molecular weight is 305 g/mol. The maximum Gasteiger partial charge on any atom is 0.258 e. The van der Waals surface area contributed by atoms with Crippen LogP contribution in [0.4, 0.5) is 0 Å². The summed E-state index contributed by atoms with van der Waals surface area (Å²) in [7, 11) is 0. The van der Waals surface area contributed by atoms with Gasteiger partial charge in [-0.2, -0.15) is 0 Å². The average Bonchev–Trinajstić information content (AvgIpc) is 3.15. The molecule has 1 spiro atoms. The van der Waals surface area contributed by atoms with E-state index in [-0.39, 0.29) is 24.4 Å². The normalized spacial score (nSPS) is 22.9. The van der Waals surface area contributed by atoms with Gasteiger partial charge < -0.3 is 19.5 Å². The zero-order chi connectivity index (χ0) is 15.4. The SMILES string of the molecule is Cc1ccccc1OCC(=O)NC[C@@H]1COC2(CCCC2)O1. The second kappa shape index (κ2) is 6.67. The van der Waals surface area contributed by atoms with E-state index in [1.165, 1.54) is 0 Å². The predicted octanol–water partition coefficient (Wildman–Crippen LogP) is 2.18. The fourth-order valence-corrected chi connectivity index (χ4v) is 3.03. The minimum atomic E-state index is -0.368. The molecule has 3 rings (SSSR count). The third-order valence-electron chi connectivity index (χ3n) is 4.26. The third kappa shape index (κ3) is 3.59. The predicted molar refractivity (Wildman–Crippen MR) is 81.7 cm³/mol. The van der Waals surface area contributed by atoms with Crippen LogP contribution >= 0.6 is 0 Å². The zero-order valence-electron chi connectivity index (χ0n) is 13.0. The standard InChI is InChI=1S/C17H23NO4/c1-13-6-2-3-7-15(13)20-12-16(19)18-10-14-11-21-17(22-14)8-4-5-9-17/h2-3,6-7,14H,4-5,8-12H2,1H3,(H,18,19)/t14-/m1/s1. The number of benzene rings is 1. The Morgan fingerprint density at radius 2 is 2.14 bits per heavy atom. The molecule has 1 saturated carbocycles. The van der Waals surface area contributed by atoms with Crippen molar-refractivity contribution < 1.29 is 19.0 Å². The smallest absolute Gasteiger partial charge is 0.258 e. The summed E-state index contributed by atoms with van der Waals surface area (Å²) in [6.45, 7) is 3.00. The molecule has 5 heteroatoms. The summed E-state index contributed by atoms with van der Waals surface area (Å²) in [5.74, 6) is 0.231. The van der Waals surface area contributed by atoms with E-state index in [9.17, 15) is 4.79 Å². The Hall–Kier alpha value is -1.59. The number of aryl methyl sites for hydroxylation is 1. The van der Waals surface area contributed by atoms with E-state index >= 15 is 0 Å². The van der Waals surface area contributed by atoms with Crippen LogP contribution in [-0.2, 0) is 14.3 Å². The van der Waals surface area contributed by atoms with Gasteiger partial charge in [0, 0.05) is 19.4 Å². The van der Waals surface area contributed by atoms with Crippen molar-refractivity contribution in [3.05, 3.63) is 29.8 Å². The number of carbonyl (C=O) groups is 1. The molecular weight excluding hydrogens is 282 g/mol. The first-order valence-electron chi connectivity index (χ1n) is 7.94. The Bertz CT molecular complexity index is 525. The third-order valence-corrected chi connectivity index (χ3v) is 4.26. The van der Waals surface area contributed by atoms with Crippen molar-refractivity contribution in [1.82, 2.24) is 5.32 Å². The van der Waals surface area contributed by atoms with Crippen LogP contribution in [0.15, 0.2) is 24.3 Å². The molecule has 1 N–H and O–H groups in total. The molecule has 0 unspecified atom stereocenters. The van der Waals surface area contributed by atoms with Gasteiger partial charge in [0.2, 0.25) is 0 Å². The molecule has 1 aromatic carbocycles. The summed E-state index contributed by atoms with van der Waals surface area (Å²) in [6, 6.07) is 7.65. The van der Waals surface area contributed by atoms with Gasteiger partial charge >= 0.3 is 0 Å². The van der Waals surface area contributed by atoms with E-state index in [1.807, 2.05) is 31.2 Å². The number of ether oxygens (including phenoxy) is 3. The molecule has 1 aliphatic carbocycles. The van der Waals surface area contributed by atoms with Crippen molar-refractivity contribution in [1.29, 1.82) is 0 Å². The van der Waals surface area contributed by atoms with Gasteiger partial charge in [0.25, 0.3) is 5.91 Å². The molecule has 22 heavy (non-hydrogen) atoms. The largest absolute Gasteiger partial charge is 0.484 e. The summed E-state index contributed by atoms with van der Waals surface area (Å²) in [4.78, 5) is 11.9. The number of para-hydroxylation sites is 1. The van der Waals surface area contributed by atoms with E-state index in [0.717, 1.165) is 37.0 Å². The summed E-state index contributed by atoms with van der Waals surface area (Å²) in [6.07, 6.45) is 4.19. The molecule has 1 atom stereocenters. The lowest BCUT2D eigenvalue weighted by atomic mass is 10.2. The molecule has 2 aliphatic rings. The molecule has 1 aliphatic heterocycles. The molecule has 2 fully saturated rings. The van der Waals surface area contributed by atoms with Crippen molar-refractivity contribution in [3.63, 3.8) is 0 Å². The van der Waals surface area contributed by atoms with E-state index in [2.05, 4.69) is 5.32 Å². The molecule has 1 aromatic rings. The number of rotatable bonds is 5. The number of carbonyl (C=O) groups excluding carboxylic acids is 1. The lowest BCUT2D eigenvalue weighted by molar-refractivity contribution is -0.161. The van der Waals surface area contributed by atoms with Crippen LogP contribution in [0.5, 0.6) is 5.75 Å². The van der Waals surface area contributed by atoms with Crippen LogP contribution in [0.2, 0.25) is 0 Å². The van der Waals surface area contributed by atoms with Crippen LogP contribution < -0.4 is 10.1 Å². The van der Waals surface area contributed by atoms with Gasteiger partial charge in [-0.15, -0.1) is 0 Å². The molecule has 0 aromatic heterocycles. The molecule has 0 radical (unpaired) electrons. The van der Waals surface area contributed by atoms with Gasteiger partial charge in [0.15, 0.2) is 12.4 Å². The lowest BCUT2D eigenvalue weighted by Crippen LogP contribution is -2.37. The first-order valence-corrected chi connectivity index (χ1v) is 7.94. The van der Waals surface area contributed by atoms with Crippen LogP contribution in [0.1, 0.15) is 31.2 Å². The van der Waals surface area contributed by atoms with E-state index in [1.54, 1.807) is 0 Å². The maximum absolute atomic E-state index is 11.9. The maximum atomic E-state index is 11.9. The Kier molecular flexibility index (Phi) is 4.64. The monoisotopic (exact) mass is 305 g/mol. The van der Waals surface area contributed by atoms with Crippen molar-refractivity contribution in [3.8, 4) is 5.75 Å². The van der Waals surface area contributed by atoms with Crippen LogP contribution in [0, 0.1) is 6.92 Å². The van der Waals surface area contributed by atoms with Crippen molar-refractivity contribution in [2.24, 2.45) is 0 Å². The summed E-state index contributed by atoms with van der Waals surface area (Å²) < 4.78 is 17.3. The number of amides is 1. The number of nitrogens with one attached hydrogen (secondary N) is 1. The molecule has 5 nitrogen and oxygen atoms in total. The van der Waals surface area contributed by atoms with Gasteiger partial charge in [0.05, 0.1) is 6.61 Å². The number of hydrogen-bond acceptors (Lipinski definition) is 4. The second-order valence-corrected chi connectivity index (χ2v) is 6.03. The van der Waals surface area contributed by atoms with E-state index in [0.29, 0.717) is 13.2 Å². The first kappa shape index (κ1) is 15.3. The lowest BCUT2D eigenvalue weighted by Gasteiger charge is -2.21. The van der Waals surface area contributed by atoms with Gasteiger partial charge in [-0.3, -0.25) is 4.79 Å². The highest BCUT2D eigenvalue weighted by Gasteiger charge is 2.43. The topological polar surface area (TPSA) is 56.8 Å². The summed E-state index contributed by atoms with van der Waals surface area (Å²) in [5, 5.41) is 2.85. The quantitative estimate of drug-likeness (QED) is 0.906. The van der Waals surface area contributed by atoms with Crippen LogP contribution in [-0.4, -0.2) is 37.6 Å². The van der Waals surface area contributed by atoms with Gasteiger partial charge in [-0.25, -0.2) is 0 Å². The van der Waals surface area contributed by atoms with Crippen molar-refractivity contribution >= 4 is 5.91 Å². The zero-order valence-corrected chi connectivity index (χ0v) is 13.0. The van der Waals surface area contributed by atoms with Gasteiger partial charge in [-0.1, -0.05) is 18.2 Å². The highest BCUT2D eigenvalue weighted by molar-refractivity contribution is 5.77. The highest BCUT2D eigenvalue weighted by atomic mass is 16.7. The van der Waals surface area contributed by atoms with Crippen molar-refractivity contribution in [2.75, 3.05) is 19.8 Å². The highest BCUT2D eigenvalue weighted by Crippen LogP contribution is 2.38. The van der Waals surface area contributed by atoms with Gasteiger partial charge in [0.1, 0.15) is 11.9 Å². The molecular formula is C17H23NO4. The Labute approximate surface area is 130 Å². The minimum Gasteiger partial charge on any atom is -0.484 e. The van der Waals surface area contributed by atoms with Gasteiger partial charge in [-0.05, 0) is 31.4 Å². The summed E-state index contributed by atoms with van der Waals surface area (Å²) in [5.41, 5.74) is 1.02. The van der Waals surface area contributed by atoms with E-state index < -0.39 is 0 Å². The molecule has 1 amide bonds. The molecule has 120 valence electrons. The summed E-state index contributed by atoms with van der Waals surface area (Å²) >= 11 is 0. The second-order valence-electron chi connectivity index (χ2n) is 6.03. The Balaban J connectivity index is 1.39. The molecule has 0 bridgehead atoms. The minimum absolute atomic E-state index is 0.0174. The molecule has 1 heterocycles. The van der Waals surface area contributed by atoms with Crippen LogP contribution in [0.3, 0.4) is 0 Å². The first-order chi connectivity index (χ1) is 10.7. The number of hydrogen-bond donors (Lipinski definition) is 1. The van der Waals surface area contributed by atoms with Crippen molar-refractivity contribution in [2.45, 2.75) is 44.5 Å². The van der Waals surface area contributed by atoms with E-state index in [4.69, 9.17) is 14.2 Å². The Morgan fingerprint density at radius 1 is 1.36 bits per heavy atom. The fraction of sp³-hybridized carbons (Fsp3) is 0.588.